The Morgan fingerprint density at radius 2 is 1.89 bits per heavy atom. The van der Waals surface area contributed by atoms with Crippen LogP contribution in [0.2, 0.25) is 0 Å². The number of allylic oxidation sites excluding steroid dienone is 5. The molecule has 1 aromatic heterocycles. The fourth-order valence-corrected chi connectivity index (χ4v) is 5.90. The first kappa shape index (κ1) is 24.4. The Morgan fingerprint density at radius 1 is 1.17 bits per heavy atom. The number of nitrogens with one attached hydrogen (secondary N) is 1. The number of piperidine rings is 1. The number of carbonyl (C=O) groups is 2. The summed E-state index contributed by atoms with van der Waals surface area (Å²) in [5.74, 6) is 0.528. The lowest BCUT2D eigenvalue weighted by Gasteiger charge is -2.32. The van der Waals surface area contributed by atoms with Crippen molar-refractivity contribution in [2.75, 3.05) is 20.1 Å². The SMILES string of the molecule is C=C(C)C=CC(=CC)CC1CCN(Cc2ccc3cc4c(cc3n2)CC2(C4)C(=O)NC(=O)N2C)CC1. The Hall–Kier alpha value is -3.25. The van der Waals surface area contributed by atoms with Crippen LogP contribution >= 0.6 is 0 Å². The van der Waals surface area contributed by atoms with Crippen LogP contribution < -0.4 is 5.32 Å². The van der Waals surface area contributed by atoms with Crippen molar-refractivity contribution in [1.29, 1.82) is 0 Å². The van der Waals surface area contributed by atoms with Crippen LogP contribution in [0.4, 0.5) is 4.79 Å². The average Bonchev–Trinajstić information content (AvgIpc) is 3.33. The van der Waals surface area contributed by atoms with E-state index in [2.05, 4.69) is 66.2 Å². The molecule has 1 atom stereocenters. The van der Waals surface area contributed by atoms with Gasteiger partial charge in [0.25, 0.3) is 5.91 Å². The molecule has 36 heavy (non-hydrogen) atoms. The third kappa shape index (κ3) is 4.62. The molecule has 188 valence electrons. The van der Waals surface area contributed by atoms with E-state index in [4.69, 9.17) is 4.98 Å². The van der Waals surface area contributed by atoms with Gasteiger partial charge >= 0.3 is 6.03 Å². The third-order valence-electron chi connectivity index (χ3n) is 8.19. The fourth-order valence-electron chi connectivity index (χ4n) is 5.90. The van der Waals surface area contributed by atoms with Crippen LogP contribution in [0, 0.1) is 5.92 Å². The topological polar surface area (TPSA) is 65.5 Å². The molecule has 1 unspecified atom stereocenters. The summed E-state index contributed by atoms with van der Waals surface area (Å²) >= 11 is 0. The maximum atomic E-state index is 12.6. The summed E-state index contributed by atoms with van der Waals surface area (Å²) in [7, 11) is 1.71. The number of aromatic nitrogens is 1. The van der Waals surface area contributed by atoms with Gasteiger partial charge in [-0.2, -0.15) is 0 Å². The monoisotopic (exact) mass is 484 g/mol. The second-order valence-corrected chi connectivity index (χ2v) is 10.8. The first-order valence-corrected chi connectivity index (χ1v) is 13.0. The quantitative estimate of drug-likeness (QED) is 0.466. The van der Waals surface area contributed by atoms with Gasteiger partial charge in [-0.25, -0.2) is 4.79 Å². The molecule has 6 heteroatoms. The van der Waals surface area contributed by atoms with Gasteiger partial charge in [0.15, 0.2) is 0 Å². The predicted octanol–water partition coefficient (Wildman–Crippen LogP) is 4.93. The van der Waals surface area contributed by atoms with E-state index >= 15 is 0 Å². The molecule has 1 spiro atoms. The minimum Gasteiger partial charge on any atom is -0.312 e. The minimum absolute atomic E-state index is 0.194. The largest absolute Gasteiger partial charge is 0.324 e. The van der Waals surface area contributed by atoms with Gasteiger partial charge in [-0.05, 0) is 81.4 Å². The average molecular weight is 485 g/mol. The van der Waals surface area contributed by atoms with Crippen molar-refractivity contribution in [1.82, 2.24) is 20.1 Å². The summed E-state index contributed by atoms with van der Waals surface area (Å²) in [4.78, 5) is 33.7. The number of benzene rings is 1. The van der Waals surface area contributed by atoms with Crippen LogP contribution in [0.1, 0.15) is 49.9 Å². The number of nitrogens with zero attached hydrogens (tertiary/aromatic N) is 3. The summed E-state index contributed by atoms with van der Waals surface area (Å²) < 4.78 is 0. The van der Waals surface area contributed by atoms with Crippen molar-refractivity contribution < 1.29 is 9.59 Å². The molecule has 5 rings (SSSR count). The van der Waals surface area contributed by atoms with Crippen LogP contribution in [0.25, 0.3) is 10.9 Å². The van der Waals surface area contributed by atoms with Crippen LogP contribution in [-0.2, 0) is 24.2 Å². The zero-order valence-corrected chi connectivity index (χ0v) is 21.6. The van der Waals surface area contributed by atoms with E-state index in [1.165, 1.54) is 18.4 Å². The predicted molar refractivity (Wildman–Crippen MR) is 144 cm³/mol. The van der Waals surface area contributed by atoms with E-state index in [-0.39, 0.29) is 11.9 Å². The minimum atomic E-state index is -0.795. The van der Waals surface area contributed by atoms with E-state index in [9.17, 15) is 9.59 Å². The zero-order chi connectivity index (χ0) is 25.4. The van der Waals surface area contributed by atoms with Crippen molar-refractivity contribution in [3.05, 3.63) is 77.0 Å². The molecule has 1 N–H and O–H groups in total. The number of imide groups is 1. The lowest BCUT2D eigenvalue weighted by atomic mass is 9.89. The Kier molecular flexibility index (Phi) is 6.56. The van der Waals surface area contributed by atoms with E-state index in [0.717, 1.165) is 65.3 Å². The van der Waals surface area contributed by atoms with Gasteiger partial charge in [0.2, 0.25) is 0 Å². The summed E-state index contributed by atoms with van der Waals surface area (Å²) in [6.07, 6.45) is 11.2. The zero-order valence-electron chi connectivity index (χ0n) is 21.6. The highest BCUT2D eigenvalue weighted by molar-refractivity contribution is 6.07. The summed E-state index contributed by atoms with van der Waals surface area (Å²) in [5.41, 5.74) is 5.98. The van der Waals surface area contributed by atoms with E-state index in [0.29, 0.717) is 12.8 Å². The number of fused-ring (bicyclic) bond motifs is 2. The molecule has 2 saturated heterocycles. The number of likely N-dealkylation sites (tertiary alicyclic amines) is 1. The normalized spacial score (nSPS) is 23.3. The van der Waals surface area contributed by atoms with E-state index in [1.54, 1.807) is 11.9 Å². The lowest BCUT2D eigenvalue weighted by Crippen LogP contribution is -2.48. The molecule has 2 fully saturated rings. The van der Waals surface area contributed by atoms with Crippen LogP contribution in [0.5, 0.6) is 0 Å². The maximum Gasteiger partial charge on any atom is 0.324 e. The summed E-state index contributed by atoms with van der Waals surface area (Å²) in [6.45, 7) is 11.1. The van der Waals surface area contributed by atoms with Crippen LogP contribution in [0.15, 0.2) is 60.2 Å². The Morgan fingerprint density at radius 3 is 2.53 bits per heavy atom. The Bertz CT molecular complexity index is 1290. The van der Waals surface area contributed by atoms with Crippen molar-refractivity contribution in [2.24, 2.45) is 5.92 Å². The van der Waals surface area contributed by atoms with Crippen molar-refractivity contribution in [2.45, 2.75) is 58.0 Å². The van der Waals surface area contributed by atoms with Gasteiger partial charge in [-0.1, -0.05) is 42.0 Å². The molecular formula is C30H36N4O2. The van der Waals surface area contributed by atoms with Gasteiger partial charge in [0.1, 0.15) is 5.54 Å². The molecule has 3 aliphatic rings. The van der Waals surface area contributed by atoms with Crippen molar-refractivity contribution in [3.8, 4) is 0 Å². The smallest absolute Gasteiger partial charge is 0.312 e. The first-order chi connectivity index (χ1) is 17.3. The number of rotatable bonds is 6. The van der Waals surface area contributed by atoms with E-state index in [1.807, 2.05) is 6.92 Å². The number of urea groups is 1. The highest BCUT2D eigenvalue weighted by Gasteiger charge is 2.54. The molecular weight excluding hydrogens is 448 g/mol. The second-order valence-electron chi connectivity index (χ2n) is 10.8. The molecule has 6 nitrogen and oxygen atoms in total. The molecule has 0 bridgehead atoms. The highest BCUT2D eigenvalue weighted by Crippen LogP contribution is 2.38. The molecule has 1 aromatic carbocycles. The summed E-state index contributed by atoms with van der Waals surface area (Å²) in [6, 6.07) is 8.23. The molecule has 2 aliphatic heterocycles. The van der Waals surface area contributed by atoms with Gasteiger partial charge in [-0.3, -0.25) is 20.0 Å². The van der Waals surface area contributed by atoms with Gasteiger partial charge < -0.3 is 4.90 Å². The highest BCUT2D eigenvalue weighted by atomic mass is 16.2. The van der Waals surface area contributed by atoms with Crippen LogP contribution in [0.3, 0.4) is 0 Å². The number of pyridine rings is 1. The number of hydrogen-bond donors (Lipinski definition) is 1. The van der Waals surface area contributed by atoms with Crippen molar-refractivity contribution in [3.63, 3.8) is 0 Å². The standard InChI is InChI=1S/C30H36N4O2/c1-5-21(7-6-20(2)3)14-22-10-12-34(13-11-22)19-26-9-8-23-15-24-17-30(18-25(24)16-27(23)31-26)28(35)32-29(36)33(30)4/h5-9,15-16,22H,2,10-14,17-19H2,1,3-4H3,(H,32,35,36). The second kappa shape index (κ2) is 9.66. The fraction of sp³-hybridized carbons (Fsp3) is 0.433. The number of amides is 3. The lowest BCUT2D eigenvalue weighted by molar-refractivity contribution is -0.125. The van der Waals surface area contributed by atoms with Gasteiger partial charge in [0, 0.05) is 31.8 Å². The number of hydrogen-bond acceptors (Lipinski definition) is 4. The van der Waals surface area contributed by atoms with Gasteiger partial charge in [-0.15, -0.1) is 0 Å². The van der Waals surface area contributed by atoms with Crippen LogP contribution in [-0.4, -0.2) is 52.4 Å². The number of carbonyl (C=O) groups excluding carboxylic acids is 2. The maximum absolute atomic E-state index is 12.6. The molecule has 3 heterocycles. The van der Waals surface area contributed by atoms with E-state index < -0.39 is 5.54 Å². The first-order valence-electron chi connectivity index (χ1n) is 13.0. The summed E-state index contributed by atoms with van der Waals surface area (Å²) in [5, 5.41) is 3.56. The van der Waals surface area contributed by atoms with Crippen molar-refractivity contribution >= 4 is 22.8 Å². The molecule has 0 radical (unpaired) electrons. The molecule has 0 saturated carbocycles. The molecule has 2 aromatic rings. The number of likely N-dealkylation sites (N-methyl/N-ethyl adjacent to an activating group) is 1. The molecule has 1 aliphatic carbocycles. The third-order valence-corrected chi connectivity index (χ3v) is 8.19. The Balaban J connectivity index is 1.23. The Labute approximate surface area is 213 Å². The molecule has 3 amide bonds. The van der Waals surface area contributed by atoms with Gasteiger partial charge in [0.05, 0.1) is 11.2 Å².